The number of aryl methyl sites for hydroxylation is 2. The van der Waals surface area contributed by atoms with Crippen molar-refractivity contribution in [3.63, 3.8) is 0 Å². The lowest BCUT2D eigenvalue weighted by Crippen LogP contribution is -2.38. The molecule has 0 aromatic carbocycles. The van der Waals surface area contributed by atoms with Crippen LogP contribution in [0.5, 0.6) is 0 Å². The van der Waals surface area contributed by atoms with Crippen molar-refractivity contribution in [3.05, 3.63) is 29.4 Å². The van der Waals surface area contributed by atoms with Crippen molar-refractivity contribution in [1.29, 1.82) is 0 Å². The van der Waals surface area contributed by atoms with Crippen LogP contribution in [0.1, 0.15) is 43.0 Å². The van der Waals surface area contributed by atoms with E-state index in [4.69, 9.17) is 10.3 Å². The van der Waals surface area contributed by atoms with Gasteiger partial charge in [-0.05, 0) is 38.8 Å². The van der Waals surface area contributed by atoms with Crippen LogP contribution in [0, 0.1) is 13.8 Å². The molecule has 2 aromatic heterocycles. The maximum Gasteiger partial charge on any atom is 0.228 e. The Morgan fingerprint density at radius 3 is 2.45 bits per heavy atom. The molecule has 0 atom stereocenters. The van der Waals surface area contributed by atoms with Crippen LogP contribution in [-0.2, 0) is 6.42 Å². The van der Waals surface area contributed by atoms with Gasteiger partial charge in [0.2, 0.25) is 11.7 Å². The molecule has 5 heteroatoms. The summed E-state index contributed by atoms with van der Waals surface area (Å²) in [4.78, 5) is 8.84. The minimum atomic E-state index is -0.159. The molecule has 1 saturated carbocycles. The molecule has 106 valence electrons. The third-order valence-electron chi connectivity index (χ3n) is 3.91. The van der Waals surface area contributed by atoms with Crippen LogP contribution in [0.2, 0.25) is 0 Å². The molecule has 0 amide bonds. The fourth-order valence-electron chi connectivity index (χ4n) is 2.96. The van der Waals surface area contributed by atoms with E-state index in [0.717, 1.165) is 29.8 Å². The van der Waals surface area contributed by atoms with Crippen molar-refractivity contribution in [1.82, 2.24) is 15.1 Å². The molecule has 1 fully saturated rings. The number of hydrogen-bond donors (Lipinski definition) is 1. The topological polar surface area (TPSA) is 77.8 Å². The van der Waals surface area contributed by atoms with E-state index in [1.54, 1.807) is 0 Å². The molecule has 1 aliphatic carbocycles. The lowest BCUT2D eigenvalue weighted by Gasteiger charge is -2.20. The largest absolute Gasteiger partial charge is 0.339 e. The predicted molar refractivity (Wildman–Crippen MR) is 76.1 cm³/mol. The van der Waals surface area contributed by atoms with Crippen LogP contribution < -0.4 is 5.73 Å². The molecule has 2 aromatic rings. The monoisotopic (exact) mass is 272 g/mol. The van der Waals surface area contributed by atoms with Gasteiger partial charge in [-0.3, -0.25) is 4.98 Å². The first-order chi connectivity index (χ1) is 9.54. The molecule has 2 heterocycles. The summed E-state index contributed by atoms with van der Waals surface area (Å²) < 4.78 is 5.36. The second-order valence-corrected chi connectivity index (χ2v) is 5.90. The van der Waals surface area contributed by atoms with E-state index < -0.39 is 0 Å². The van der Waals surface area contributed by atoms with Crippen LogP contribution in [0.4, 0.5) is 0 Å². The average Bonchev–Trinajstić information content (AvgIpc) is 2.98. The first kappa shape index (κ1) is 13.2. The Hall–Kier alpha value is -1.75. The van der Waals surface area contributed by atoms with Crippen molar-refractivity contribution in [2.24, 2.45) is 5.73 Å². The lowest BCUT2D eigenvalue weighted by molar-refractivity contribution is 0.329. The van der Waals surface area contributed by atoms with Crippen molar-refractivity contribution in [3.8, 4) is 11.4 Å². The smallest absolute Gasteiger partial charge is 0.228 e. The van der Waals surface area contributed by atoms with Crippen molar-refractivity contribution in [2.75, 3.05) is 0 Å². The maximum absolute atomic E-state index is 6.35. The first-order valence-electron chi connectivity index (χ1n) is 7.11. The number of pyridine rings is 1. The number of nitrogens with zero attached hydrogens (tertiary/aromatic N) is 3. The van der Waals surface area contributed by atoms with Gasteiger partial charge in [-0.2, -0.15) is 4.98 Å². The summed E-state index contributed by atoms with van der Waals surface area (Å²) >= 11 is 0. The fraction of sp³-hybridized carbons (Fsp3) is 0.533. The predicted octanol–water partition coefficient (Wildman–Crippen LogP) is 2.56. The van der Waals surface area contributed by atoms with Gasteiger partial charge in [0.25, 0.3) is 0 Å². The zero-order valence-electron chi connectivity index (χ0n) is 12.0. The molecule has 3 rings (SSSR count). The highest BCUT2D eigenvalue weighted by molar-refractivity contribution is 5.55. The molecule has 1 aliphatic rings. The van der Waals surface area contributed by atoms with Gasteiger partial charge in [-0.1, -0.05) is 18.0 Å². The molecule has 5 nitrogen and oxygen atoms in total. The Labute approximate surface area is 118 Å². The molecule has 0 saturated heterocycles. The van der Waals surface area contributed by atoms with Crippen molar-refractivity contribution < 1.29 is 4.52 Å². The zero-order chi connectivity index (χ0) is 14.2. The number of aromatic nitrogens is 3. The van der Waals surface area contributed by atoms with Gasteiger partial charge in [0, 0.05) is 28.9 Å². The summed E-state index contributed by atoms with van der Waals surface area (Å²) in [7, 11) is 0. The summed E-state index contributed by atoms with van der Waals surface area (Å²) in [5.74, 6) is 1.26. The lowest BCUT2D eigenvalue weighted by atomic mass is 9.95. The molecule has 0 bridgehead atoms. The van der Waals surface area contributed by atoms with Crippen LogP contribution in [0.3, 0.4) is 0 Å². The standard InChI is InChI=1S/C15H20N4O/c1-10-7-12(8-11(2)17-10)14-18-13(20-19-14)9-15(16)5-3-4-6-15/h7-8H,3-6,9,16H2,1-2H3. The van der Waals surface area contributed by atoms with E-state index in [-0.39, 0.29) is 5.54 Å². The number of rotatable bonds is 3. The van der Waals surface area contributed by atoms with Crippen LogP contribution in [-0.4, -0.2) is 20.7 Å². The highest BCUT2D eigenvalue weighted by atomic mass is 16.5. The van der Waals surface area contributed by atoms with Crippen LogP contribution in [0.15, 0.2) is 16.7 Å². The summed E-state index contributed by atoms with van der Waals surface area (Å²) in [6.07, 6.45) is 5.14. The molecule has 2 N–H and O–H groups in total. The van der Waals surface area contributed by atoms with Gasteiger partial charge >= 0.3 is 0 Å². The zero-order valence-corrected chi connectivity index (χ0v) is 12.0. The number of nitrogens with two attached hydrogens (primary N) is 1. The second-order valence-electron chi connectivity index (χ2n) is 5.90. The van der Waals surface area contributed by atoms with E-state index >= 15 is 0 Å². The van der Waals surface area contributed by atoms with Gasteiger partial charge in [0.15, 0.2) is 0 Å². The molecule has 20 heavy (non-hydrogen) atoms. The van der Waals surface area contributed by atoms with Gasteiger partial charge in [0.1, 0.15) is 0 Å². The average molecular weight is 272 g/mol. The van der Waals surface area contributed by atoms with Gasteiger partial charge < -0.3 is 10.3 Å². The van der Waals surface area contributed by atoms with Crippen molar-refractivity contribution >= 4 is 0 Å². The Morgan fingerprint density at radius 1 is 1.15 bits per heavy atom. The van der Waals surface area contributed by atoms with Crippen molar-refractivity contribution in [2.45, 2.75) is 51.5 Å². The minimum absolute atomic E-state index is 0.159. The van der Waals surface area contributed by atoms with E-state index in [9.17, 15) is 0 Å². The van der Waals surface area contributed by atoms with E-state index in [1.165, 1.54) is 12.8 Å². The van der Waals surface area contributed by atoms with Crippen LogP contribution >= 0.6 is 0 Å². The SMILES string of the molecule is Cc1cc(-c2noc(CC3(N)CCCC3)n2)cc(C)n1. The quantitative estimate of drug-likeness (QED) is 0.929. The third kappa shape index (κ3) is 2.72. The Kier molecular flexibility index (Phi) is 3.30. The van der Waals surface area contributed by atoms with E-state index in [0.29, 0.717) is 18.1 Å². The molecule has 0 spiro atoms. The third-order valence-corrected chi connectivity index (χ3v) is 3.91. The molecular weight excluding hydrogens is 252 g/mol. The molecule has 0 unspecified atom stereocenters. The van der Waals surface area contributed by atoms with Gasteiger partial charge in [0.05, 0.1) is 0 Å². The Bertz CT molecular complexity index is 594. The van der Waals surface area contributed by atoms with Gasteiger partial charge in [-0.15, -0.1) is 0 Å². The summed E-state index contributed by atoms with van der Waals surface area (Å²) in [5, 5.41) is 4.07. The summed E-state index contributed by atoms with van der Waals surface area (Å²) in [6, 6.07) is 3.94. The van der Waals surface area contributed by atoms with Gasteiger partial charge in [-0.25, -0.2) is 0 Å². The molecular formula is C15H20N4O. The van der Waals surface area contributed by atoms with E-state index in [2.05, 4.69) is 15.1 Å². The maximum atomic E-state index is 6.35. The number of hydrogen-bond acceptors (Lipinski definition) is 5. The Morgan fingerprint density at radius 2 is 1.80 bits per heavy atom. The second kappa shape index (κ2) is 4.98. The molecule has 0 radical (unpaired) electrons. The molecule has 0 aliphatic heterocycles. The first-order valence-corrected chi connectivity index (χ1v) is 7.11. The minimum Gasteiger partial charge on any atom is -0.339 e. The highest BCUT2D eigenvalue weighted by Gasteiger charge is 2.31. The van der Waals surface area contributed by atoms with Crippen LogP contribution in [0.25, 0.3) is 11.4 Å². The Balaban J connectivity index is 1.82. The highest BCUT2D eigenvalue weighted by Crippen LogP contribution is 2.30. The van der Waals surface area contributed by atoms with E-state index in [1.807, 2.05) is 26.0 Å². The normalized spacial score (nSPS) is 17.6. The summed E-state index contributed by atoms with van der Waals surface area (Å²) in [5.41, 5.74) is 9.05. The summed E-state index contributed by atoms with van der Waals surface area (Å²) in [6.45, 7) is 3.93. The fourth-order valence-corrected chi connectivity index (χ4v) is 2.96.